The zero-order valence-corrected chi connectivity index (χ0v) is 11.3. The van der Waals surface area contributed by atoms with E-state index in [0.29, 0.717) is 29.2 Å². The molecule has 5 heteroatoms. The van der Waals surface area contributed by atoms with Crippen molar-refractivity contribution in [1.29, 1.82) is 0 Å². The van der Waals surface area contributed by atoms with Crippen molar-refractivity contribution in [3.63, 3.8) is 0 Å². The summed E-state index contributed by atoms with van der Waals surface area (Å²) in [5, 5.41) is 12.0. The molecule has 1 aromatic carbocycles. The van der Waals surface area contributed by atoms with Crippen molar-refractivity contribution in [2.24, 2.45) is 0 Å². The number of hydrogen-bond acceptors (Lipinski definition) is 3. The Morgan fingerprint density at radius 1 is 1.35 bits per heavy atom. The molecule has 2 N–H and O–H groups in total. The molecular weight excluding hydrogens is 259 g/mol. The maximum absolute atomic E-state index is 13.5. The maximum Gasteiger partial charge on any atom is 0.335 e. The summed E-state index contributed by atoms with van der Waals surface area (Å²) >= 11 is 0. The smallest absolute Gasteiger partial charge is 0.335 e. The van der Waals surface area contributed by atoms with Gasteiger partial charge in [-0.25, -0.2) is 14.2 Å². The van der Waals surface area contributed by atoms with Crippen molar-refractivity contribution >= 4 is 17.5 Å². The fourth-order valence-electron chi connectivity index (χ4n) is 1.77. The number of aryl methyl sites for hydroxylation is 2. The normalized spacial score (nSPS) is 10.3. The molecule has 0 spiro atoms. The summed E-state index contributed by atoms with van der Waals surface area (Å²) in [5.74, 6) is -0.939. The van der Waals surface area contributed by atoms with Crippen LogP contribution in [0.3, 0.4) is 0 Å². The Kier molecular flexibility index (Phi) is 3.98. The first-order chi connectivity index (χ1) is 9.49. The van der Waals surface area contributed by atoms with E-state index < -0.39 is 5.97 Å². The quantitative estimate of drug-likeness (QED) is 0.895. The molecule has 0 saturated carbocycles. The lowest BCUT2D eigenvalue weighted by Gasteiger charge is -2.09. The predicted octanol–water partition coefficient (Wildman–Crippen LogP) is 3.53. The SMILES string of the molecule is CCc1cc(C(=O)O)cc(Nc2ccc(C)c(F)c2)n1. The molecule has 0 bridgehead atoms. The molecule has 2 rings (SSSR count). The van der Waals surface area contributed by atoms with Crippen LogP contribution < -0.4 is 5.32 Å². The van der Waals surface area contributed by atoms with Gasteiger partial charge in [-0.15, -0.1) is 0 Å². The molecule has 0 aliphatic heterocycles. The number of halogens is 1. The van der Waals surface area contributed by atoms with E-state index in [0.717, 1.165) is 0 Å². The highest BCUT2D eigenvalue weighted by atomic mass is 19.1. The van der Waals surface area contributed by atoms with Gasteiger partial charge in [-0.3, -0.25) is 0 Å². The molecule has 2 aromatic rings. The van der Waals surface area contributed by atoms with E-state index >= 15 is 0 Å². The van der Waals surface area contributed by atoms with Gasteiger partial charge in [-0.05, 0) is 43.2 Å². The Bertz CT molecular complexity index is 656. The number of carboxylic acids is 1. The Morgan fingerprint density at radius 2 is 2.10 bits per heavy atom. The minimum absolute atomic E-state index is 0.159. The molecule has 0 unspecified atom stereocenters. The first kappa shape index (κ1) is 14.0. The number of rotatable bonds is 4. The van der Waals surface area contributed by atoms with Crippen LogP contribution in [0, 0.1) is 12.7 Å². The van der Waals surface area contributed by atoms with Gasteiger partial charge in [-0.1, -0.05) is 13.0 Å². The number of benzene rings is 1. The lowest BCUT2D eigenvalue weighted by atomic mass is 10.2. The number of anilines is 2. The third-order valence-electron chi connectivity index (χ3n) is 2.93. The van der Waals surface area contributed by atoms with Gasteiger partial charge in [0.05, 0.1) is 5.56 Å². The van der Waals surface area contributed by atoms with Crippen molar-refractivity contribution in [3.8, 4) is 0 Å². The monoisotopic (exact) mass is 274 g/mol. The van der Waals surface area contributed by atoms with Gasteiger partial charge < -0.3 is 10.4 Å². The second-order valence-electron chi connectivity index (χ2n) is 4.48. The molecule has 4 nitrogen and oxygen atoms in total. The molecule has 1 aromatic heterocycles. The Morgan fingerprint density at radius 3 is 2.70 bits per heavy atom. The number of aromatic carboxylic acids is 1. The summed E-state index contributed by atoms with van der Waals surface area (Å²) in [6.07, 6.45) is 0.623. The highest BCUT2D eigenvalue weighted by molar-refractivity contribution is 5.88. The molecule has 104 valence electrons. The first-order valence-electron chi connectivity index (χ1n) is 6.27. The Balaban J connectivity index is 2.34. The molecule has 0 aliphatic carbocycles. The number of nitrogens with one attached hydrogen (secondary N) is 1. The average molecular weight is 274 g/mol. The molecule has 20 heavy (non-hydrogen) atoms. The molecule has 0 saturated heterocycles. The second kappa shape index (κ2) is 5.69. The topological polar surface area (TPSA) is 62.2 Å². The van der Waals surface area contributed by atoms with Gasteiger partial charge in [0, 0.05) is 11.4 Å². The van der Waals surface area contributed by atoms with Gasteiger partial charge in [0.25, 0.3) is 0 Å². The van der Waals surface area contributed by atoms with Crippen LogP contribution >= 0.6 is 0 Å². The highest BCUT2D eigenvalue weighted by Crippen LogP contribution is 2.19. The van der Waals surface area contributed by atoms with Crippen molar-refractivity contribution in [2.75, 3.05) is 5.32 Å². The summed E-state index contributed by atoms with van der Waals surface area (Å²) in [4.78, 5) is 15.3. The minimum atomic E-state index is -1.01. The van der Waals surface area contributed by atoms with Crippen LogP contribution in [0.4, 0.5) is 15.9 Å². The number of carboxylic acid groups (broad SMARTS) is 1. The van der Waals surface area contributed by atoms with E-state index in [1.807, 2.05) is 6.92 Å². The van der Waals surface area contributed by atoms with E-state index in [4.69, 9.17) is 5.11 Å². The summed E-state index contributed by atoms with van der Waals surface area (Å²) in [6.45, 7) is 3.57. The lowest BCUT2D eigenvalue weighted by Crippen LogP contribution is -2.03. The van der Waals surface area contributed by atoms with Crippen LogP contribution in [0.1, 0.15) is 28.5 Å². The number of aromatic nitrogens is 1. The first-order valence-corrected chi connectivity index (χ1v) is 6.27. The van der Waals surface area contributed by atoms with Gasteiger partial charge in [0.2, 0.25) is 0 Å². The molecule has 0 fully saturated rings. The van der Waals surface area contributed by atoms with Crippen LogP contribution in [0.15, 0.2) is 30.3 Å². The van der Waals surface area contributed by atoms with Gasteiger partial charge >= 0.3 is 5.97 Å². The lowest BCUT2D eigenvalue weighted by molar-refractivity contribution is 0.0696. The van der Waals surface area contributed by atoms with Gasteiger partial charge in [-0.2, -0.15) is 0 Å². The molecule has 0 atom stereocenters. The van der Waals surface area contributed by atoms with Crippen molar-refractivity contribution in [3.05, 3.63) is 53.0 Å². The summed E-state index contributed by atoms with van der Waals surface area (Å²) < 4.78 is 13.5. The summed E-state index contributed by atoms with van der Waals surface area (Å²) in [6, 6.07) is 7.69. The maximum atomic E-state index is 13.5. The third-order valence-corrected chi connectivity index (χ3v) is 2.93. The molecule has 0 radical (unpaired) electrons. The van der Waals surface area contributed by atoms with Gasteiger partial charge in [0.1, 0.15) is 11.6 Å². The fourth-order valence-corrected chi connectivity index (χ4v) is 1.77. The van der Waals surface area contributed by atoms with Crippen LogP contribution in [0.2, 0.25) is 0 Å². The summed E-state index contributed by atoms with van der Waals surface area (Å²) in [7, 11) is 0. The minimum Gasteiger partial charge on any atom is -0.478 e. The zero-order valence-electron chi connectivity index (χ0n) is 11.3. The molecular formula is C15H15FN2O2. The van der Waals surface area contributed by atoms with Crippen LogP contribution in [0.25, 0.3) is 0 Å². The number of nitrogens with zero attached hydrogens (tertiary/aromatic N) is 1. The van der Waals surface area contributed by atoms with E-state index in [9.17, 15) is 9.18 Å². The third kappa shape index (κ3) is 3.12. The predicted molar refractivity (Wildman–Crippen MR) is 75.0 cm³/mol. The second-order valence-corrected chi connectivity index (χ2v) is 4.48. The van der Waals surface area contributed by atoms with Crippen molar-refractivity contribution in [2.45, 2.75) is 20.3 Å². The number of pyridine rings is 1. The standard InChI is InChI=1S/C15H15FN2O2/c1-3-11-6-10(15(19)20)7-14(17-11)18-12-5-4-9(2)13(16)8-12/h4-8H,3H2,1-2H3,(H,17,18)(H,19,20). The van der Waals surface area contributed by atoms with E-state index in [1.165, 1.54) is 18.2 Å². The Hall–Kier alpha value is -2.43. The van der Waals surface area contributed by atoms with E-state index in [1.54, 1.807) is 19.1 Å². The molecule has 0 amide bonds. The number of carbonyl (C=O) groups is 1. The van der Waals surface area contributed by atoms with Crippen LogP contribution in [-0.2, 0) is 6.42 Å². The largest absolute Gasteiger partial charge is 0.478 e. The average Bonchev–Trinajstić information content (AvgIpc) is 2.42. The fraction of sp³-hybridized carbons (Fsp3) is 0.200. The van der Waals surface area contributed by atoms with Gasteiger partial charge in [0.15, 0.2) is 0 Å². The van der Waals surface area contributed by atoms with Crippen LogP contribution in [-0.4, -0.2) is 16.1 Å². The molecule has 0 aliphatic rings. The van der Waals surface area contributed by atoms with Crippen LogP contribution in [0.5, 0.6) is 0 Å². The number of hydrogen-bond donors (Lipinski definition) is 2. The summed E-state index contributed by atoms with van der Waals surface area (Å²) in [5.41, 5.74) is 1.91. The van der Waals surface area contributed by atoms with Crippen molar-refractivity contribution in [1.82, 2.24) is 4.98 Å². The molecule has 1 heterocycles. The van der Waals surface area contributed by atoms with Crippen molar-refractivity contribution < 1.29 is 14.3 Å². The van der Waals surface area contributed by atoms with E-state index in [-0.39, 0.29) is 11.4 Å². The highest BCUT2D eigenvalue weighted by Gasteiger charge is 2.08. The Labute approximate surface area is 116 Å². The van der Waals surface area contributed by atoms with E-state index in [2.05, 4.69) is 10.3 Å². The zero-order chi connectivity index (χ0) is 14.7.